The number of benzene rings is 1. The third kappa shape index (κ3) is 4.67. The van der Waals surface area contributed by atoms with Gasteiger partial charge in [-0.25, -0.2) is 0 Å². The van der Waals surface area contributed by atoms with Crippen molar-refractivity contribution in [3.8, 4) is 0 Å². The minimum absolute atomic E-state index is 0. The van der Waals surface area contributed by atoms with Gasteiger partial charge in [0.15, 0.2) is 0 Å². The fraction of sp³-hybridized carbons (Fsp3) is 0.500. The average Bonchev–Trinajstić information content (AvgIpc) is 3.09. The molecule has 1 saturated carbocycles. The van der Waals surface area contributed by atoms with Gasteiger partial charge in [-0.3, -0.25) is 4.79 Å². The molecule has 1 fully saturated rings. The zero-order chi connectivity index (χ0) is 12.1. The number of amides is 1. The normalized spacial score (nSPS) is 21.1. The van der Waals surface area contributed by atoms with Crippen LogP contribution in [0.3, 0.4) is 0 Å². The van der Waals surface area contributed by atoms with E-state index < -0.39 is 0 Å². The number of carbonyl (C=O) groups is 1. The van der Waals surface area contributed by atoms with Gasteiger partial charge >= 0.3 is 0 Å². The molecular formula is C14H21ClN2O. The van der Waals surface area contributed by atoms with Gasteiger partial charge in [-0.05, 0) is 31.4 Å². The number of unbranched alkanes of at least 4 members (excludes halogenated alkanes) is 1. The Bertz CT molecular complexity index is 369. The standard InChI is InChI=1S/C14H20N2O.ClH/c15-14(17)8-4-5-9-16-13-10-12(13)11-6-2-1-3-7-11;/h1-3,6-7,12-13,16H,4-5,8-10H2,(H2,15,17);1H/t12?,13-;/m0./s1. The van der Waals surface area contributed by atoms with Crippen molar-refractivity contribution >= 4 is 18.3 Å². The monoisotopic (exact) mass is 268 g/mol. The fourth-order valence-corrected chi connectivity index (χ4v) is 2.20. The predicted octanol–water partition coefficient (Wildman–Crippen LogP) is 2.21. The molecule has 0 aliphatic heterocycles. The van der Waals surface area contributed by atoms with E-state index in [4.69, 9.17) is 5.73 Å². The van der Waals surface area contributed by atoms with E-state index in [9.17, 15) is 4.79 Å². The van der Waals surface area contributed by atoms with Crippen LogP contribution in [0.25, 0.3) is 0 Å². The molecule has 0 saturated heterocycles. The third-order valence-electron chi connectivity index (χ3n) is 3.27. The van der Waals surface area contributed by atoms with E-state index >= 15 is 0 Å². The zero-order valence-electron chi connectivity index (χ0n) is 10.5. The minimum atomic E-state index is -0.196. The lowest BCUT2D eigenvalue weighted by Gasteiger charge is -2.03. The van der Waals surface area contributed by atoms with E-state index in [1.54, 1.807) is 0 Å². The molecule has 100 valence electrons. The van der Waals surface area contributed by atoms with Crippen LogP contribution in [0.15, 0.2) is 30.3 Å². The Morgan fingerprint density at radius 2 is 2.00 bits per heavy atom. The van der Waals surface area contributed by atoms with Gasteiger partial charge in [-0.15, -0.1) is 12.4 Å². The predicted molar refractivity (Wildman–Crippen MR) is 75.9 cm³/mol. The van der Waals surface area contributed by atoms with Gasteiger partial charge in [0.1, 0.15) is 0 Å². The van der Waals surface area contributed by atoms with Crippen molar-refractivity contribution < 1.29 is 4.79 Å². The Hall–Kier alpha value is -1.06. The largest absolute Gasteiger partial charge is 0.370 e. The van der Waals surface area contributed by atoms with Gasteiger partial charge in [-0.2, -0.15) is 0 Å². The van der Waals surface area contributed by atoms with Crippen molar-refractivity contribution in [1.29, 1.82) is 0 Å². The van der Waals surface area contributed by atoms with Crippen molar-refractivity contribution in [2.45, 2.75) is 37.6 Å². The Kier molecular flexibility index (Phi) is 6.16. The number of nitrogens with two attached hydrogens (primary N) is 1. The highest BCUT2D eigenvalue weighted by molar-refractivity contribution is 5.85. The van der Waals surface area contributed by atoms with Crippen LogP contribution in [0.4, 0.5) is 0 Å². The Balaban J connectivity index is 0.00000162. The maximum Gasteiger partial charge on any atom is 0.217 e. The quantitative estimate of drug-likeness (QED) is 0.745. The summed E-state index contributed by atoms with van der Waals surface area (Å²) >= 11 is 0. The topological polar surface area (TPSA) is 55.1 Å². The number of rotatable bonds is 7. The van der Waals surface area contributed by atoms with Crippen molar-refractivity contribution in [2.24, 2.45) is 5.73 Å². The highest BCUT2D eigenvalue weighted by Gasteiger charge is 2.37. The summed E-state index contributed by atoms with van der Waals surface area (Å²) in [5.74, 6) is 0.492. The number of nitrogens with one attached hydrogen (secondary N) is 1. The highest BCUT2D eigenvalue weighted by Crippen LogP contribution is 2.40. The molecule has 0 radical (unpaired) electrons. The number of primary amides is 1. The van der Waals surface area contributed by atoms with Crippen molar-refractivity contribution in [3.63, 3.8) is 0 Å². The summed E-state index contributed by atoms with van der Waals surface area (Å²) in [5.41, 5.74) is 6.52. The molecule has 0 spiro atoms. The fourth-order valence-electron chi connectivity index (χ4n) is 2.20. The lowest BCUT2D eigenvalue weighted by molar-refractivity contribution is -0.118. The maximum atomic E-state index is 10.5. The highest BCUT2D eigenvalue weighted by atomic mass is 35.5. The molecule has 18 heavy (non-hydrogen) atoms. The van der Waals surface area contributed by atoms with Crippen LogP contribution in [-0.4, -0.2) is 18.5 Å². The molecule has 4 heteroatoms. The SMILES string of the molecule is Cl.NC(=O)CCCCN[C@H]1CC1c1ccccc1. The van der Waals surface area contributed by atoms with Gasteiger partial charge in [-0.1, -0.05) is 30.3 Å². The molecule has 1 aliphatic carbocycles. The maximum absolute atomic E-state index is 10.5. The van der Waals surface area contributed by atoms with Gasteiger partial charge < -0.3 is 11.1 Å². The summed E-state index contributed by atoms with van der Waals surface area (Å²) in [6, 6.07) is 11.3. The lowest BCUT2D eigenvalue weighted by atomic mass is 10.1. The van der Waals surface area contributed by atoms with E-state index in [1.807, 2.05) is 0 Å². The summed E-state index contributed by atoms with van der Waals surface area (Å²) in [5, 5.41) is 3.53. The second kappa shape index (κ2) is 7.39. The first-order chi connectivity index (χ1) is 8.27. The summed E-state index contributed by atoms with van der Waals surface area (Å²) in [7, 11) is 0. The van der Waals surface area contributed by atoms with Crippen LogP contribution in [0, 0.1) is 0 Å². The molecule has 1 aromatic rings. The van der Waals surface area contributed by atoms with Crippen molar-refractivity contribution in [1.82, 2.24) is 5.32 Å². The number of halogens is 1. The molecule has 0 aromatic heterocycles. The van der Waals surface area contributed by atoms with Crippen LogP contribution in [0.2, 0.25) is 0 Å². The van der Waals surface area contributed by atoms with E-state index in [-0.39, 0.29) is 18.3 Å². The second-order valence-electron chi connectivity index (χ2n) is 4.74. The van der Waals surface area contributed by atoms with Crippen molar-refractivity contribution in [3.05, 3.63) is 35.9 Å². The smallest absolute Gasteiger partial charge is 0.217 e. The van der Waals surface area contributed by atoms with E-state index in [0.29, 0.717) is 18.4 Å². The molecule has 0 bridgehead atoms. The van der Waals surface area contributed by atoms with Gasteiger partial charge in [0, 0.05) is 18.4 Å². The first kappa shape index (κ1) is 15.0. The summed E-state index contributed by atoms with van der Waals surface area (Å²) in [4.78, 5) is 10.5. The molecule has 1 amide bonds. The number of carbonyl (C=O) groups excluding carboxylic acids is 1. The molecule has 3 N–H and O–H groups in total. The molecular weight excluding hydrogens is 248 g/mol. The molecule has 2 atom stereocenters. The molecule has 2 rings (SSSR count). The first-order valence-electron chi connectivity index (χ1n) is 6.34. The van der Waals surface area contributed by atoms with Crippen LogP contribution >= 0.6 is 12.4 Å². The zero-order valence-corrected chi connectivity index (χ0v) is 11.3. The van der Waals surface area contributed by atoms with Crippen LogP contribution in [0.1, 0.15) is 37.2 Å². The van der Waals surface area contributed by atoms with E-state index in [1.165, 1.54) is 12.0 Å². The minimum Gasteiger partial charge on any atom is -0.370 e. The molecule has 3 nitrogen and oxygen atoms in total. The molecule has 1 aliphatic rings. The van der Waals surface area contributed by atoms with Crippen LogP contribution < -0.4 is 11.1 Å². The summed E-state index contributed by atoms with van der Waals surface area (Å²) < 4.78 is 0. The van der Waals surface area contributed by atoms with Gasteiger partial charge in [0.05, 0.1) is 0 Å². The van der Waals surface area contributed by atoms with E-state index in [0.717, 1.165) is 19.4 Å². The third-order valence-corrected chi connectivity index (χ3v) is 3.27. The average molecular weight is 269 g/mol. The molecule has 1 unspecified atom stereocenters. The van der Waals surface area contributed by atoms with Crippen LogP contribution in [0.5, 0.6) is 0 Å². The Morgan fingerprint density at radius 1 is 1.28 bits per heavy atom. The Morgan fingerprint density at radius 3 is 2.67 bits per heavy atom. The second-order valence-corrected chi connectivity index (χ2v) is 4.74. The Labute approximate surface area is 115 Å². The lowest BCUT2D eigenvalue weighted by Crippen LogP contribution is -2.19. The summed E-state index contributed by atoms with van der Waals surface area (Å²) in [6.07, 6.45) is 3.67. The molecule has 1 aromatic carbocycles. The van der Waals surface area contributed by atoms with Crippen LogP contribution in [-0.2, 0) is 4.79 Å². The van der Waals surface area contributed by atoms with Crippen molar-refractivity contribution in [2.75, 3.05) is 6.54 Å². The number of hydrogen-bond acceptors (Lipinski definition) is 2. The van der Waals surface area contributed by atoms with E-state index in [2.05, 4.69) is 35.6 Å². The summed E-state index contributed by atoms with van der Waals surface area (Å²) in [6.45, 7) is 0.987. The molecule has 0 heterocycles. The number of hydrogen-bond donors (Lipinski definition) is 2. The van der Waals surface area contributed by atoms with Gasteiger partial charge in [0.2, 0.25) is 5.91 Å². The van der Waals surface area contributed by atoms with Gasteiger partial charge in [0.25, 0.3) is 0 Å². The first-order valence-corrected chi connectivity index (χ1v) is 6.34.